The Morgan fingerprint density at radius 1 is 1.29 bits per heavy atom. The third kappa shape index (κ3) is 0.957. The smallest absolute Gasteiger partial charge is 0.287 e. The Morgan fingerprint density at radius 3 is 2.64 bits per heavy atom. The van der Waals surface area contributed by atoms with E-state index < -0.39 is 12.2 Å². The average molecular weight is 191 g/mol. The van der Waals surface area contributed by atoms with Crippen LogP contribution in [0, 0.1) is 0 Å². The van der Waals surface area contributed by atoms with Gasteiger partial charge in [0.15, 0.2) is 0 Å². The molecule has 4 nitrogen and oxygen atoms in total. The van der Waals surface area contributed by atoms with Gasteiger partial charge in [-0.25, -0.2) is 4.99 Å². The summed E-state index contributed by atoms with van der Waals surface area (Å²) < 4.78 is 5.51. The van der Waals surface area contributed by atoms with Gasteiger partial charge in [0, 0.05) is 5.56 Å². The quantitative estimate of drug-likeness (QED) is 0.632. The van der Waals surface area contributed by atoms with Gasteiger partial charge in [0.2, 0.25) is 6.29 Å². The minimum absolute atomic E-state index is 0.449. The van der Waals surface area contributed by atoms with Crippen LogP contribution in [0.4, 0.5) is 0 Å². The summed E-state index contributed by atoms with van der Waals surface area (Å²) in [5.41, 5.74) is 1.65. The highest BCUT2D eigenvalue weighted by molar-refractivity contribution is 5.87. The standard InChI is InChI=1S/C10H9NO3/c1-7-9-12-10(11-7,14-13-9)8-5-3-2-4-6-8/h2-6,9H,1H3. The van der Waals surface area contributed by atoms with E-state index in [1.165, 1.54) is 0 Å². The number of hydrogen-bond acceptors (Lipinski definition) is 4. The second kappa shape index (κ2) is 2.63. The van der Waals surface area contributed by atoms with Crippen molar-refractivity contribution in [3.8, 4) is 0 Å². The van der Waals surface area contributed by atoms with Crippen LogP contribution >= 0.6 is 0 Å². The van der Waals surface area contributed by atoms with Crippen molar-refractivity contribution in [2.75, 3.05) is 0 Å². The van der Waals surface area contributed by atoms with E-state index in [2.05, 4.69) is 4.99 Å². The summed E-state index contributed by atoms with van der Waals surface area (Å²) in [6.07, 6.45) is -0.449. The first-order chi connectivity index (χ1) is 6.80. The van der Waals surface area contributed by atoms with Crippen molar-refractivity contribution >= 4 is 5.71 Å². The molecule has 0 spiro atoms. The average Bonchev–Trinajstić information content (AvgIpc) is 2.77. The van der Waals surface area contributed by atoms with Gasteiger partial charge in [0.05, 0.1) is 5.71 Å². The van der Waals surface area contributed by atoms with Gasteiger partial charge in [0.1, 0.15) is 0 Å². The molecule has 4 heteroatoms. The molecule has 0 aliphatic carbocycles. The molecule has 14 heavy (non-hydrogen) atoms. The highest BCUT2D eigenvalue weighted by atomic mass is 17.3. The first kappa shape index (κ1) is 8.11. The molecule has 0 aromatic heterocycles. The van der Waals surface area contributed by atoms with Gasteiger partial charge in [-0.05, 0) is 6.92 Å². The summed E-state index contributed by atoms with van der Waals surface area (Å²) in [6.45, 7) is 1.86. The van der Waals surface area contributed by atoms with Crippen molar-refractivity contribution in [3.63, 3.8) is 0 Å². The zero-order chi connectivity index (χ0) is 9.60. The molecular formula is C10H9NO3. The van der Waals surface area contributed by atoms with Crippen LogP contribution in [0.15, 0.2) is 35.3 Å². The van der Waals surface area contributed by atoms with Crippen LogP contribution < -0.4 is 0 Å². The number of aliphatic imine (C=N–C) groups is 1. The van der Waals surface area contributed by atoms with Gasteiger partial charge in [0.25, 0.3) is 0 Å². The van der Waals surface area contributed by atoms with E-state index in [0.29, 0.717) is 0 Å². The first-order valence-corrected chi connectivity index (χ1v) is 4.44. The third-order valence-corrected chi connectivity index (χ3v) is 2.32. The van der Waals surface area contributed by atoms with E-state index in [4.69, 9.17) is 14.5 Å². The normalized spacial score (nSPS) is 34.6. The highest BCUT2D eigenvalue weighted by Gasteiger charge is 2.52. The molecule has 0 radical (unpaired) electrons. The van der Waals surface area contributed by atoms with Crippen LogP contribution in [0.5, 0.6) is 0 Å². The fraction of sp³-hybridized carbons (Fsp3) is 0.300. The Labute approximate surface area is 81.0 Å². The summed E-state index contributed by atoms with van der Waals surface area (Å²) in [4.78, 5) is 14.4. The summed E-state index contributed by atoms with van der Waals surface area (Å²) in [6, 6.07) is 9.54. The molecule has 2 aliphatic heterocycles. The van der Waals surface area contributed by atoms with Crippen LogP contribution in [0.3, 0.4) is 0 Å². The van der Waals surface area contributed by atoms with Crippen molar-refractivity contribution in [2.45, 2.75) is 19.1 Å². The van der Waals surface area contributed by atoms with Crippen molar-refractivity contribution < 1.29 is 14.5 Å². The molecule has 0 N–H and O–H groups in total. The highest BCUT2D eigenvalue weighted by Crippen LogP contribution is 2.41. The van der Waals surface area contributed by atoms with Crippen LogP contribution in [-0.2, 0) is 20.4 Å². The molecule has 2 bridgehead atoms. The van der Waals surface area contributed by atoms with Crippen LogP contribution in [0.25, 0.3) is 0 Å². The Hall–Kier alpha value is -1.23. The zero-order valence-electron chi connectivity index (χ0n) is 7.64. The molecule has 1 aromatic carbocycles. The molecule has 2 unspecified atom stereocenters. The fourth-order valence-corrected chi connectivity index (χ4v) is 1.61. The maximum absolute atomic E-state index is 5.51. The Bertz CT molecular complexity index is 390. The maximum atomic E-state index is 5.51. The topological polar surface area (TPSA) is 40.0 Å². The molecule has 1 aromatic rings. The fourth-order valence-electron chi connectivity index (χ4n) is 1.61. The van der Waals surface area contributed by atoms with E-state index in [1.807, 2.05) is 37.3 Å². The molecule has 2 atom stereocenters. The molecular weight excluding hydrogens is 182 g/mol. The number of ether oxygens (including phenoxy) is 1. The van der Waals surface area contributed by atoms with E-state index in [9.17, 15) is 0 Å². The molecule has 1 fully saturated rings. The number of rotatable bonds is 1. The molecule has 1 saturated heterocycles. The SMILES string of the molecule is CC1=NC2(c3ccccc3)OOC1O2. The Morgan fingerprint density at radius 2 is 2.07 bits per heavy atom. The predicted octanol–water partition coefficient (Wildman–Crippen LogP) is 1.58. The summed E-state index contributed by atoms with van der Waals surface area (Å²) in [5.74, 6) is -1.06. The molecule has 3 rings (SSSR count). The number of benzene rings is 1. The van der Waals surface area contributed by atoms with Gasteiger partial charge in [-0.3, -0.25) is 4.74 Å². The lowest BCUT2D eigenvalue weighted by Crippen LogP contribution is -2.22. The Kier molecular flexibility index (Phi) is 1.53. The lowest BCUT2D eigenvalue weighted by molar-refractivity contribution is -0.334. The number of nitrogens with zero attached hydrogens (tertiary/aromatic N) is 1. The molecule has 2 aliphatic rings. The second-order valence-electron chi connectivity index (χ2n) is 3.33. The first-order valence-electron chi connectivity index (χ1n) is 4.44. The summed E-state index contributed by atoms with van der Waals surface area (Å²) >= 11 is 0. The van der Waals surface area contributed by atoms with E-state index in [0.717, 1.165) is 11.3 Å². The largest absolute Gasteiger partial charge is 0.329 e. The third-order valence-electron chi connectivity index (χ3n) is 2.32. The van der Waals surface area contributed by atoms with Crippen molar-refractivity contribution in [1.82, 2.24) is 0 Å². The second-order valence-corrected chi connectivity index (χ2v) is 3.33. The number of fused-ring (bicyclic) bond motifs is 2. The summed E-state index contributed by atoms with van der Waals surface area (Å²) in [7, 11) is 0. The van der Waals surface area contributed by atoms with Crippen LogP contribution in [0.2, 0.25) is 0 Å². The van der Waals surface area contributed by atoms with Gasteiger partial charge >= 0.3 is 5.91 Å². The molecule has 0 amide bonds. The van der Waals surface area contributed by atoms with Crippen LogP contribution in [0.1, 0.15) is 12.5 Å². The van der Waals surface area contributed by atoms with Crippen LogP contribution in [-0.4, -0.2) is 12.0 Å². The minimum atomic E-state index is -1.06. The monoisotopic (exact) mass is 191 g/mol. The molecule has 0 saturated carbocycles. The Balaban J connectivity index is 2.07. The van der Waals surface area contributed by atoms with Crippen molar-refractivity contribution in [1.29, 1.82) is 0 Å². The van der Waals surface area contributed by atoms with E-state index >= 15 is 0 Å². The van der Waals surface area contributed by atoms with Gasteiger partial charge in [-0.15, -0.1) is 0 Å². The molecule has 2 heterocycles. The summed E-state index contributed by atoms with van der Waals surface area (Å²) in [5, 5.41) is 0. The molecule has 72 valence electrons. The van der Waals surface area contributed by atoms with E-state index in [1.54, 1.807) is 0 Å². The van der Waals surface area contributed by atoms with Gasteiger partial charge in [-0.2, -0.15) is 9.78 Å². The number of hydrogen-bond donors (Lipinski definition) is 0. The lowest BCUT2D eigenvalue weighted by atomic mass is 10.2. The zero-order valence-corrected chi connectivity index (χ0v) is 7.64. The van der Waals surface area contributed by atoms with Crippen molar-refractivity contribution in [2.24, 2.45) is 4.99 Å². The van der Waals surface area contributed by atoms with Gasteiger partial charge in [-0.1, -0.05) is 30.3 Å². The lowest BCUT2D eigenvalue weighted by Gasteiger charge is -2.17. The predicted molar refractivity (Wildman–Crippen MR) is 48.3 cm³/mol. The van der Waals surface area contributed by atoms with Crippen molar-refractivity contribution in [3.05, 3.63) is 35.9 Å². The minimum Gasteiger partial charge on any atom is -0.287 e. The maximum Gasteiger partial charge on any atom is 0.329 e. The van der Waals surface area contributed by atoms with E-state index in [-0.39, 0.29) is 0 Å². The van der Waals surface area contributed by atoms with Gasteiger partial charge < -0.3 is 0 Å².